The highest BCUT2D eigenvalue weighted by Crippen LogP contribution is 2.21. The van der Waals surface area contributed by atoms with E-state index in [4.69, 9.17) is 12.2 Å². The molecule has 1 aromatic carbocycles. The number of hydrogen-bond donors (Lipinski definition) is 3. The number of aromatic amines is 2. The Morgan fingerprint density at radius 3 is 2.78 bits per heavy atom. The van der Waals surface area contributed by atoms with Crippen LogP contribution >= 0.6 is 28.1 Å². The van der Waals surface area contributed by atoms with Crippen molar-refractivity contribution in [1.29, 1.82) is 0 Å². The van der Waals surface area contributed by atoms with E-state index in [1.54, 1.807) is 18.2 Å². The number of rotatable bonds is 1. The van der Waals surface area contributed by atoms with E-state index in [9.17, 15) is 9.90 Å². The second-order valence-corrected chi connectivity index (χ2v) is 5.08. The Hall–Kier alpha value is -1.73. The molecule has 3 N–H and O–H groups in total. The molecule has 0 aliphatic carbocycles. The zero-order valence-corrected chi connectivity index (χ0v) is 11.2. The quantitative estimate of drug-likeness (QED) is 0.682. The van der Waals surface area contributed by atoms with Gasteiger partial charge in [0.25, 0.3) is 5.91 Å². The van der Waals surface area contributed by atoms with E-state index in [1.165, 1.54) is 0 Å². The Morgan fingerprint density at radius 2 is 2.11 bits per heavy atom. The summed E-state index contributed by atoms with van der Waals surface area (Å²) in [6.07, 6.45) is 0. The fourth-order valence-corrected chi connectivity index (χ4v) is 2.44. The number of amides is 1. The summed E-state index contributed by atoms with van der Waals surface area (Å²) in [7, 11) is 0. The second kappa shape index (κ2) is 3.89. The molecule has 1 amide bonds. The molecule has 0 radical (unpaired) electrons. The molecule has 0 fully saturated rings. The molecule has 2 aromatic rings. The third kappa shape index (κ3) is 1.63. The molecule has 1 aliphatic rings. The van der Waals surface area contributed by atoms with Gasteiger partial charge in [-0.25, -0.2) is 4.99 Å². The van der Waals surface area contributed by atoms with Gasteiger partial charge in [-0.3, -0.25) is 4.79 Å². The lowest BCUT2D eigenvalue weighted by atomic mass is 10.1. The SMILES string of the molecule is O=C1N=c2ccc(Br)cc2=C1c1[nH]c(=S)[nH]c1O. The fraction of sp³-hybridized carbons (Fsp3) is 0. The number of H-pyrrole nitrogens is 2. The maximum atomic E-state index is 11.9. The average molecular weight is 324 g/mol. The van der Waals surface area contributed by atoms with Crippen LogP contribution in [0.15, 0.2) is 27.7 Å². The van der Waals surface area contributed by atoms with Crippen LogP contribution in [0.25, 0.3) is 5.57 Å². The van der Waals surface area contributed by atoms with Crippen molar-refractivity contribution in [2.24, 2.45) is 4.99 Å². The molecule has 0 saturated heterocycles. The molecule has 0 bridgehead atoms. The van der Waals surface area contributed by atoms with E-state index in [0.717, 1.165) is 4.47 Å². The predicted octanol–water partition coefficient (Wildman–Crippen LogP) is 0.899. The van der Waals surface area contributed by atoms with Gasteiger partial charge in [0.2, 0.25) is 5.88 Å². The summed E-state index contributed by atoms with van der Waals surface area (Å²) in [5, 5.41) is 11.0. The van der Waals surface area contributed by atoms with Crippen molar-refractivity contribution in [1.82, 2.24) is 9.97 Å². The minimum Gasteiger partial charge on any atom is -0.493 e. The lowest BCUT2D eigenvalue weighted by Gasteiger charge is -1.96. The van der Waals surface area contributed by atoms with Crippen LogP contribution in [0.3, 0.4) is 0 Å². The highest BCUT2D eigenvalue weighted by atomic mass is 79.9. The van der Waals surface area contributed by atoms with Gasteiger partial charge in [0.1, 0.15) is 5.69 Å². The molecule has 1 aromatic heterocycles. The number of imidazole rings is 1. The first-order valence-corrected chi connectivity index (χ1v) is 6.21. The molecule has 1 aliphatic heterocycles. The zero-order chi connectivity index (χ0) is 12.9. The van der Waals surface area contributed by atoms with Gasteiger partial charge in [-0.15, -0.1) is 0 Å². The fourth-order valence-electron chi connectivity index (χ4n) is 1.88. The van der Waals surface area contributed by atoms with Crippen LogP contribution in [-0.2, 0) is 4.79 Å². The summed E-state index contributed by atoms with van der Waals surface area (Å²) in [6.45, 7) is 0. The number of carbonyl (C=O) groups excluding carboxylic acids is 1. The number of halogens is 1. The predicted molar refractivity (Wildman–Crippen MR) is 70.1 cm³/mol. The molecule has 3 rings (SSSR count). The molecule has 0 saturated carbocycles. The topological polar surface area (TPSA) is 81.2 Å². The van der Waals surface area contributed by atoms with Crippen molar-refractivity contribution in [3.63, 3.8) is 0 Å². The van der Waals surface area contributed by atoms with Crippen molar-refractivity contribution in [2.75, 3.05) is 0 Å². The molecule has 0 spiro atoms. The molecular formula is C11H6BrN3O2S. The maximum absolute atomic E-state index is 11.9. The standard InChI is InChI=1S/C11H6BrN3O2S/c12-4-1-2-6-5(3-4)7(9(16)13-6)8-10(17)15-11(18)14-8/h1-3,17H,(H2,14,15,18). The summed E-state index contributed by atoms with van der Waals surface area (Å²) in [4.78, 5) is 21.1. The van der Waals surface area contributed by atoms with Crippen LogP contribution in [0.2, 0.25) is 0 Å². The molecule has 5 nitrogen and oxygen atoms in total. The van der Waals surface area contributed by atoms with Crippen molar-refractivity contribution < 1.29 is 9.90 Å². The van der Waals surface area contributed by atoms with Crippen LogP contribution in [0, 0.1) is 4.77 Å². The van der Waals surface area contributed by atoms with E-state index in [0.29, 0.717) is 16.1 Å². The van der Waals surface area contributed by atoms with Crippen LogP contribution in [0.5, 0.6) is 5.88 Å². The van der Waals surface area contributed by atoms with Crippen molar-refractivity contribution >= 4 is 39.6 Å². The maximum Gasteiger partial charge on any atom is 0.280 e. The molecule has 0 atom stereocenters. The number of carbonyl (C=O) groups is 1. The first-order valence-electron chi connectivity index (χ1n) is 5.01. The van der Waals surface area contributed by atoms with Gasteiger partial charge in [0.15, 0.2) is 4.77 Å². The van der Waals surface area contributed by atoms with E-state index in [-0.39, 0.29) is 16.3 Å². The number of benzene rings is 1. The summed E-state index contributed by atoms with van der Waals surface area (Å²) in [6, 6.07) is 5.32. The summed E-state index contributed by atoms with van der Waals surface area (Å²) < 4.78 is 1.09. The summed E-state index contributed by atoms with van der Waals surface area (Å²) in [5.74, 6) is -0.560. The van der Waals surface area contributed by atoms with Gasteiger partial charge >= 0.3 is 0 Å². The van der Waals surface area contributed by atoms with Crippen LogP contribution in [0.1, 0.15) is 5.69 Å². The van der Waals surface area contributed by atoms with Gasteiger partial charge in [-0.2, -0.15) is 0 Å². The number of aromatic hydroxyl groups is 1. The molecular weight excluding hydrogens is 318 g/mol. The Kier molecular flexibility index (Phi) is 2.46. The Balaban J connectivity index is 2.45. The number of fused-ring (bicyclic) bond motifs is 1. The van der Waals surface area contributed by atoms with E-state index < -0.39 is 5.91 Å². The minimum absolute atomic E-state index is 0.161. The highest BCUT2D eigenvalue weighted by molar-refractivity contribution is 9.10. The number of nitrogens with one attached hydrogen (secondary N) is 2. The van der Waals surface area contributed by atoms with E-state index >= 15 is 0 Å². The third-order valence-electron chi connectivity index (χ3n) is 2.62. The average Bonchev–Trinajstić information content (AvgIpc) is 2.77. The Morgan fingerprint density at radius 1 is 1.33 bits per heavy atom. The zero-order valence-electron chi connectivity index (χ0n) is 8.82. The van der Waals surface area contributed by atoms with Crippen molar-refractivity contribution in [3.05, 3.63) is 43.7 Å². The van der Waals surface area contributed by atoms with Gasteiger partial charge in [-0.1, -0.05) is 15.9 Å². The highest BCUT2D eigenvalue weighted by Gasteiger charge is 2.22. The molecule has 90 valence electrons. The number of nitrogens with zero attached hydrogens (tertiary/aromatic N) is 1. The normalized spacial score (nSPS) is 13.6. The van der Waals surface area contributed by atoms with E-state index in [2.05, 4.69) is 30.9 Å². The lowest BCUT2D eigenvalue weighted by molar-refractivity contribution is -0.112. The molecule has 7 heteroatoms. The number of hydrogen-bond acceptors (Lipinski definition) is 3. The van der Waals surface area contributed by atoms with Crippen molar-refractivity contribution in [2.45, 2.75) is 0 Å². The first kappa shape index (κ1) is 11.4. The monoisotopic (exact) mass is 323 g/mol. The summed E-state index contributed by atoms with van der Waals surface area (Å²) in [5.41, 5.74) is 0.585. The van der Waals surface area contributed by atoms with Gasteiger partial charge in [0, 0.05) is 9.69 Å². The minimum atomic E-state index is -0.399. The van der Waals surface area contributed by atoms with Crippen LogP contribution < -0.4 is 10.6 Å². The number of aromatic nitrogens is 2. The van der Waals surface area contributed by atoms with Crippen LogP contribution in [0.4, 0.5) is 0 Å². The van der Waals surface area contributed by atoms with Gasteiger partial charge < -0.3 is 15.1 Å². The molecule has 2 heterocycles. The third-order valence-corrected chi connectivity index (χ3v) is 3.32. The molecule has 18 heavy (non-hydrogen) atoms. The summed E-state index contributed by atoms with van der Waals surface area (Å²) >= 11 is 8.22. The largest absolute Gasteiger partial charge is 0.493 e. The van der Waals surface area contributed by atoms with Crippen LogP contribution in [-0.4, -0.2) is 21.0 Å². The smallest absolute Gasteiger partial charge is 0.280 e. The second-order valence-electron chi connectivity index (χ2n) is 3.76. The Bertz CT molecular complexity index is 850. The van der Waals surface area contributed by atoms with Crippen molar-refractivity contribution in [3.8, 4) is 5.88 Å². The Labute approximate surface area is 114 Å². The lowest BCUT2D eigenvalue weighted by Crippen LogP contribution is -2.23. The molecule has 0 unspecified atom stereocenters. The first-order chi connectivity index (χ1) is 8.56. The van der Waals surface area contributed by atoms with E-state index in [1.807, 2.05) is 0 Å². The van der Waals surface area contributed by atoms with Gasteiger partial charge in [-0.05, 0) is 30.4 Å². The van der Waals surface area contributed by atoms with Gasteiger partial charge in [0.05, 0.1) is 10.9 Å².